The standard InChI is InChI=1S/C17H24N2/c1-9-10(2)12(4)15-14(11(9)3)13(5)18-16(19-15)17(6,7)8/h1-8H3. The van der Waals surface area contributed by atoms with Gasteiger partial charge in [0.2, 0.25) is 0 Å². The Bertz CT molecular complexity index is 661. The normalized spacial score (nSPS) is 12.2. The summed E-state index contributed by atoms with van der Waals surface area (Å²) in [5.41, 5.74) is 7.52. The highest BCUT2D eigenvalue weighted by Gasteiger charge is 2.21. The van der Waals surface area contributed by atoms with Gasteiger partial charge in [0.1, 0.15) is 5.82 Å². The minimum Gasteiger partial charge on any atom is -0.237 e. The highest BCUT2D eigenvalue weighted by atomic mass is 14.9. The van der Waals surface area contributed by atoms with Gasteiger partial charge < -0.3 is 0 Å². The maximum Gasteiger partial charge on any atom is 0.134 e. The van der Waals surface area contributed by atoms with E-state index in [0.717, 1.165) is 17.0 Å². The molecule has 0 aliphatic heterocycles. The van der Waals surface area contributed by atoms with Gasteiger partial charge >= 0.3 is 0 Å². The Kier molecular flexibility index (Phi) is 3.16. The summed E-state index contributed by atoms with van der Waals surface area (Å²) < 4.78 is 0. The van der Waals surface area contributed by atoms with Gasteiger partial charge in [0.05, 0.1) is 5.52 Å². The smallest absolute Gasteiger partial charge is 0.134 e. The van der Waals surface area contributed by atoms with Gasteiger partial charge in [-0.15, -0.1) is 0 Å². The molecule has 0 saturated carbocycles. The molecule has 0 spiro atoms. The fourth-order valence-electron chi connectivity index (χ4n) is 2.56. The van der Waals surface area contributed by atoms with Crippen LogP contribution in [0.25, 0.3) is 10.9 Å². The molecule has 2 nitrogen and oxygen atoms in total. The Hall–Kier alpha value is -1.44. The molecular weight excluding hydrogens is 232 g/mol. The van der Waals surface area contributed by atoms with Crippen LogP contribution in [0.4, 0.5) is 0 Å². The molecule has 0 amide bonds. The molecule has 0 N–H and O–H groups in total. The Morgan fingerprint density at radius 1 is 0.684 bits per heavy atom. The largest absolute Gasteiger partial charge is 0.237 e. The van der Waals surface area contributed by atoms with Crippen LogP contribution < -0.4 is 0 Å². The first-order valence-corrected chi connectivity index (χ1v) is 6.89. The molecule has 19 heavy (non-hydrogen) atoms. The second-order valence-electron chi connectivity index (χ2n) is 6.61. The first kappa shape index (κ1) is 14.0. The average Bonchev–Trinajstić information content (AvgIpc) is 2.31. The van der Waals surface area contributed by atoms with Crippen LogP contribution >= 0.6 is 0 Å². The summed E-state index contributed by atoms with van der Waals surface area (Å²) >= 11 is 0. The summed E-state index contributed by atoms with van der Waals surface area (Å²) in [5.74, 6) is 0.934. The molecule has 0 aliphatic rings. The SMILES string of the molecule is Cc1c(C)c(C)c2c(C)nc(C(C)(C)C)nc2c1C. The number of benzene rings is 1. The maximum atomic E-state index is 4.86. The second kappa shape index (κ2) is 4.29. The summed E-state index contributed by atoms with van der Waals surface area (Å²) in [4.78, 5) is 9.59. The van der Waals surface area contributed by atoms with E-state index in [0.29, 0.717) is 0 Å². The molecule has 2 aromatic rings. The minimum absolute atomic E-state index is 0.0158. The van der Waals surface area contributed by atoms with E-state index in [9.17, 15) is 0 Å². The van der Waals surface area contributed by atoms with E-state index in [4.69, 9.17) is 9.97 Å². The topological polar surface area (TPSA) is 25.8 Å². The van der Waals surface area contributed by atoms with Gasteiger partial charge in [-0.3, -0.25) is 0 Å². The van der Waals surface area contributed by atoms with Crippen molar-refractivity contribution >= 4 is 10.9 Å². The van der Waals surface area contributed by atoms with Crippen molar-refractivity contribution in [2.75, 3.05) is 0 Å². The lowest BCUT2D eigenvalue weighted by molar-refractivity contribution is 0.546. The van der Waals surface area contributed by atoms with E-state index < -0.39 is 0 Å². The van der Waals surface area contributed by atoms with Gasteiger partial charge in [0.25, 0.3) is 0 Å². The van der Waals surface area contributed by atoms with Crippen LogP contribution in [0.3, 0.4) is 0 Å². The van der Waals surface area contributed by atoms with Gasteiger partial charge in [-0.25, -0.2) is 9.97 Å². The van der Waals surface area contributed by atoms with Crippen molar-refractivity contribution in [3.8, 4) is 0 Å². The molecule has 0 aliphatic carbocycles. The third-order valence-electron chi connectivity index (χ3n) is 4.18. The van der Waals surface area contributed by atoms with Gasteiger partial charge in [-0.1, -0.05) is 20.8 Å². The first-order valence-electron chi connectivity index (χ1n) is 6.89. The molecule has 0 bridgehead atoms. The maximum absolute atomic E-state index is 4.86. The Morgan fingerprint density at radius 3 is 1.74 bits per heavy atom. The van der Waals surface area contributed by atoms with Crippen molar-refractivity contribution in [1.82, 2.24) is 9.97 Å². The van der Waals surface area contributed by atoms with Crippen LogP contribution in [0.1, 0.15) is 54.5 Å². The molecule has 2 rings (SSSR count). The van der Waals surface area contributed by atoms with Crippen molar-refractivity contribution < 1.29 is 0 Å². The van der Waals surface area contributed by atoms with E-state index in [2.05, 4.69) is 55.4 Å². The van der Waals surface area contributed by atoms with Crippen LogP contribution in [-0.2, 0) is 5.41 Å². The number of rotatable bonds is 0. The number of nitrogens with zero attached hydrogens (tertiary/aromatic N) is 2. The van der Waals surface area contributed by atoms with Crippen LogP contribution in [0, 0.1) is 34.6 Å². The fourth-order valence-corrected chi connectivity index (χ4v) is 2.56. The second-order valence-corrected chi connectivity index (χ2v) is 6.61. The Morgan fingerprint density at radius 2 is 1.21 bits per heavy atom. The predicted molar refractivity (Wildman–Crippen MR) is 81.9 cm³/mol. The molecular formula is C17H24N2. The Balaban J connectivity index is 2.97. The lowest BCUT2D eigenvalue weighted by atomic mass is 9.91. The van der Waals surface area contributed by atoms with Gasteiger partial charge in [0, 0.05) is 16.5 Å². The van der Waals surface area contributed by atoms with E-state index in [1.165, 1.54) is 27.6 Å². The highest BCUT2D eigenvalue weighted by molar-refractivity contribution is 5.89. The monoisotopic (exact) mass is 256 g/mol. The lowest BCUT2D eigenvalue weighted by Gasteiger charge is -2.21. The Labute approximate surface area is 116 Å². The van der Waals surface area contributed by atoms with Gasteiger partial charge in [-0.05, 0) is 56.9 Å². The van der Waals surface area contributed by atoms with Gasteiger partial charge in [0.15, 0.2) is 0 Å². The molecule has 0 fully saturated rings. The van der Waals surface area contributed by atoms with Crippen LogP contribution in [-0.4, -0.2) is 9.97 Å². The van der Waals surface area contributed by atoms with Crippen molar-refractivity contribution in [1.29, 1.82) is 0 Å². The zero-order valence-electron chi connectivity index (χ0n) is 13.4. The zero-order valence-corrected chi connectivity index (χ0v) is 13.4. The van der Waals surface area contributed by atoms with Gasteiger partial charge in [-0.2, -0.15) is 0 Å². The molecule has 2 heteroatoms. The van der Waals surface area contributed by atoms with E-state index in [1.807, 2.05) is 0 Å². The summed E-state index contributed by atoms with van der Waals surface area (Å²) in [6, 6.07) is 0. The lowest BCUT2D eigenvalue weighted by Crippen LogP contribution is -2.17. The summed E-state index contributed by atoms with van der Waals surface area (Å²) in [7, 11) is 0. The van der Waals surface area contributed by atoms with Crippen LogP contribution in [0.5, 0.6) is 0 Å². The zero-order chi connectivity index (χ0) is 14.5. The van der Waals surface area contributed by atoms with Crippen LogP contribution in [0.15, 0.2) is 0 Å². The van der Waals surface area contributed by atoms with Crippen LogP contribution in [0.2, 0.25) is 0 Å². The molecule has 0 unspecified atom stereocenters. The van der Waals surface area contributed by atoms with E-state index in [1.54, 1.807) is 0 Å². The van der Waals surface area contributed by atoms with Crippen molar-refractivity contribution in [3.63, 3.8) is 0 Å². The van der Waals surface area contributed by atoms with E-state index in [-0.39, 0.29) is 5.41 Å². The number of aromatic nitrogens is 2. The van der Waals surface area contributed by atoms with E-state index >= 15 is 0 Å². The molecule has 1 heterocycles. The quantitative estimate of drug-likeness (QED) is 0.695. The fraction of sp³-hybridized carbons (Fsp3) is 0.529. The third kappa shape index (κ3) is 2.13. The summed E-state index contributed by atoms with van der Waals surface area (Å²) in [6.07, 6.45) is 0. The number of hydrogen-bond acceptors (Lipinski definition) is 2. The number of fused-ring (bicyclic) bond motifs is 1. The molecule has 0 radical (unpaired) electrons. The molecule has 1 aromatic heterocycles. The predicted octanol–water partition coefficient (Wildman–Crippen LogP) is 4.47. The molecule has 1 aromatic carbocycles. The number of hydrogen-bond donors (Lipinski definition) is 0. The molecule has 102 valence electrons. The summed E-state index contributed by atoms with van der Waals surface area (Å²) in [5, 5.41) is 1.23. The third-order valence-corrected chi connectivity index (χ3v) is 4.18. The molecule has 0 saturated heterocycles. The first-order chi connectivity index (χ1) is 8.64. The van der Waals surface area contributed by atoms with Crippen molar-refractivity contribution in [2.45, 2.75) is 60.8 Å². The number of aryl methyl sites for hydroxylation is 3. The summed E-state index contributed by atoms with van der Waals surface area (Å²) in [6.45, 7) is 17.3. The average molecular weight is 256 g/mol. The van der Waals surface area contributed by atoms with Crippen molar-refractivity contribution in [2.24, 2.45) is 0 Å². The minimum atomic E-state index is -0.0158. The highest BCUT2D eigenvalue weighted by Crippen LogP contribution is 2.31. The molecule has 0 atom stereocenters. The van der Waals surface area contributed by atoms with Crippen molar-refractivity contribution in [3.05, 3.63) is 33.8 Å².